The maximum Gasteiger partial charge on any atom is 0.307 e. The number of piperidine rings is 1. The predicted molar refractivity (Wildman–Crippen MR) is 180 cm³/mol. The van der Waals surface area contributed by atoms with Crippen molar-refractivity contribution in [1.82, 2.24) is 14.5 Å². The first-order valence-electron chi connectivity index (χ1n) is 15.5. The number of sulfonamides is 1. The maximum absolute atomic E-state index is 15.0. The molecule has 2 aliphatic rings. The zero-order valence-electron chi connectivity index (χ0n) is 27.4. The molecule has 8 nitrogen and oxygen atoms in total. The Morgan fingerprint density at radius 3 is 2.18 bits per heavy atom. The van der Waals surface area contributed by atoms with E-state index in [0.29, 0.717) is 42.6 Å². The lowest BCUT2D eigenvalue weighted by atomic mass is 9.66. The minimum Gasteiger partial charge on any atom is -0.460 e. The third-order valence-corrected chi connectivity index (χ3v) is 11.1. The second kappa shape index (κ2) is 13.5. The van der Waals surface area contributed by atoms with Gasteiger partial charge in [-0.1, -0.05) is 75.2 Å². The molecule has 0 radical (unpaired) electrons. The highest BCUT2D eigenvalue weighted by Gasteiger charge is 2.55. The molecule has 248 valence electrons. The number of rotatable bonds is 8. The Morgan fingerprint density at radius 1 is 1.00 bits per heavy atom. The second-order valence-corrected chi connectivity index (χ2v) is 17.6. The SMILES string of the molecule is CC(C)(C)OC(=O)C[C@@]1(C)C[C@H](c2cccc(Cl)c2)[C@@H](c2ccc(Cl)cc2)N([C@H](CS(=O)(=O)N2CCNCC2)C(C)(C)C)C1=O. The summed E-state index contributed by atoms with van der Waals surface area (Å²) < 4.78 is 35.3. The first-order valence-corrected chi connectivity index (χ1v) is 17.9. The van der Waals surface area contributed by atoms with E-state index < -0.39 is 44.5 Å². The molecule has 11 heteroatoms. The average molecular weight is 681 g/mol. The van der Waals surface area contributed by atoms with Gasteiger partial charge >= 0.3 is 5.97 Å². The monoisotopic (exact) mass is 679 g/mol. The van der Waals surface area contributed by atoms with Gasteiger partial charge in [-0.25, -0.2) is 8.42 Å². The number of ether oxygens (including phenoxy) is 1. The Kier molecular flexibility index (Phi) is 10.7. The van der Waals surface area contributed by atoms with Crippen molar-refractivity contribution in [3.8, 4) is 0 Å². The fraction of sp³-hybridized carbons (Fsp3) is 0.588. The molecular formula is C34H47Cl2N3O5S. The van der Waals surface area contributed by atoms with Gasteiger partial charge in [-0.15, -0.1) is 0 Å². The molecule has 2 aromatic rings. The van der Waals surface area contributed by atoms with Crippen LogP contribution >= 0.6 is 23.2 Å². The number of likely N-dealkylation sites (tertiary alicyclic amines) is 1. The van der Waals surface area contributed by atoms with Gasteiger partial charge in [-0.2, -0.15) is 4.31 Å². The molecule has 0 saturated carbocycles. The Labute approximate surface area is 278 Å². The molecule has 0 bridgehead atoms. The molecule has 2 fully saturated rings. The van der Waals surface area contributed by atoms with Crippen LogP contribution in [0.25, 0.3) is 0 Å². The fourth-order valence-electron chi connectivity index (χ4n) is 6.56. The van der Waals surface area contributed by atoms with Gasteiger partial charge in [-0.05, 0) is 68.0 Å². The van der Waals surface area contributed by atoms with E-state index in [-0.39, 0.29) is 24.0 Å². The van der Waals surface area contributed by atoms with Crippen molar-refractivity contribution in [3.63, 3.8) is 0 Å². The smallest absolute Gasteiger partial charge is 0.307 e. The number of esters is 1. The van der Waals surface area contributed by atoms with Crippen LogP contribution in [0.1, 0.15) is 84.4 Å². The zero-order chi connectivity index (χ0) is 33.4. The van der Waals surface area contributed by atoms with Crippen molar-refractivity contribution >= 4 is 45.1 Å². The molecule has 2 heterocycles. The summed E-state index contributed by atoms with van der Waals surface area (Å²) in [5.74, 6) is -1.32. The molecule has 4 atom stereocenters. The van der Waals surface area contributed by atoms with E-state index in [1.54, 1.807) is 50.8 Å². The van der Waals surface area contributed by atoms with Crippen LogP contribution in [-0.4, -0.2) is 73.1 Å². The van der Waals surface area contributed by atoms with Gasteiger partial charge in [0.15, 0.2) is 0 Å². The first kappa shape index (κ1) is 35.7. The summed E-state index contributed by atoms with van der Waals surface area (Å²) in [7, 11) is -3.76. The van der Waals surface area contributed by atoms with Crippen molar-refractivity contribution in [2.24, 2.45) is 10.8 Å². The Morgan fingerprint density at radius 2 is 1.62 bits per heavy atom. The van der Waals surface area contributed by atoms with Gasteiger partial charge in [0, 0.05) is 42.1 Å². The quantitative estimate of drug-likeness (QED) is 0.323. The largest absolute Gasteiger partial charge is 0.460 e. The molecule has 2 saturated heterocycles. The maximum atomic E-state index is 15.0. The summed E-state index contributed by atoms with van der Waals surface area (Å²) in [5, 5.41) is 4.31. The van der Waals surface area contributed by atoms with Crippen molar-refractivity contribution in [2.45, 2.75) is 84.9 Å². The number of carbonyl (C=O) groups is 2. The minimum absolute atomic E-state index is 0.147. The Balaban J connectivity index is 1.92. The number of halogens is 2. The second-order valence-electron chi connectivity index (χ2n) is 14.7. The van der Waals surface area contributed by atoms with Crippen LogP contribution in [0.3, 0.4) is 0 Å². The normalized spacial score (nSPS) is 24.4. The highest BCUT2D eigenvalue weighted by Crippen LogP contribution is 2.53. The summed E-state index contributed by atoms with van der Waals surface area (Å²) in [6.45, 7) is 15.0. The topological polar surface area (TPSA) is 96.0 Å². The van der Waals surface area contributed by atoms with Crippen LogP contribution in [-0.2, 0) is 24.3 Å². The molecule has 1 N–H and O–H groups in total. The van der Waals surface area contributed by atoms with Crippen LogP contribution in [0.2, 0.25) is 10.0 Å². The van der Waals surface area contributed by atoms with Crippen LogP contribution in [0, 0.1) is 10.8 Å². The summed E-state index contributed by atoms with van der Waals surface area (Å²) in [5.41, 5.74) is -0.835. The van der Waals surface area contributed by atoms with Crippen LogP contribution in [0.4, 0.5) is 0 Å². The molecule has 0 aromatic heterocycles. The van der Waals surface area contributed by atoms with Gasteiger partial charge < -0.3 is 15.0 Å². The number of benzene rings is 2. The van der Waals surface area contributed by atoms with Crippen molar-refractivity contribution < 1.29 is 22.7 Å². The fourth-order valence-corrected chi connectivity index (χ4v) is 8.89. The average Bonchev–Trinajstić information content (AvgIpc) is 2.92. The lowest BCUT2D eigenvalue weighted by Gasteiger charge is -2.54. The Bertz CT molecular complexity index is 1480. The molecule has 1 amide bonds. The minimum atomic E-state index is -3.76. The lowest BCUT2D eigenvalue weighted by molar-refractivity contribution is -0.169. The van der Waals surface area contributed by atoms with E-state index in [1.165, 1.54) is 4.31 Å². The molecule has 2 aliphatic heterocycles. The number of nitrogens with zero attached hydrogens (tertiary/aromatic N) is 2. The number of carbonyl (C=O) groups excluding carboxylic acids is 2. The van der Waals surface area contributed by atoms with E-state index in [4.69, 9.17) is 27.9 Å². The summed E-state index contributed by atoms with van der Waals surface area (Å²) in [6.07, 6.45) is 0.183. The van der Waals surface area contributed by atoms with E-state index >= 15 is 4.79 Å². The number of hydrogen-bond acceptors (Lipinski definition) is 6. The molecule has 4 rings (SSSR count). The molecule has 0 aliphatic carbocycles. The van der Waals surface area contributed by atoms with Gasteiger partial charge in [0.2, 0.25) is 15.9 Å². The van der Waals surface area contributed by atoms with Gasteiger partial charge in [0.25, 0.3) is 0 Å². The standard InChI is InChI=1S/C34H47Cl2N3O5S/c1-32(2,3)28(22-45(42,43)38-17-15-37-16-18-38)39-30(23-11-13-25(35)14-12-23)27(24-9-8-10-26(36)19-24)20-34(7,31(39)41)21-29(40)44-33(4,5)6/h8-14,19,27-28,30,37H,15-18,20-22H2,1-7H3/t27-,28-,30-,34-/m1/s1. The number of piperazine rings is 1. The number of amides is 1. The molecule has 0 spiro atoms. The summed E-state index contributed by atoms with van der Waals surface area (Å²) in [4.78, 5) is 30.1. The van der Waals surface area contributed by atoms with Crippen LogP contribution in [0.15, 0.2) is 48.5 Å². The van der Waals surface area contributed by atoms with Crippen molar-refractivity contribution in [1.29, 1.82) is 0 Å². The van der Waals surface area contributed by atoms with Gasteiger partial charge in [-0.3, -0.25) is 9.59 Å². The summed E-state index contributed by atoms with van der Waals surface area (Å²) >= 11 is 12.8. The van der Waals surface area contributed by atoms with E-state index in [2.05, 4.69) is 5.32 Å². The van der Waals surface area contributed by atoms with Gasteiger partial charge in [0.1, 0.15) is 5.60 Å². The van der Waals surface area contributed by atoms with Crippen LogP contribution < -0.4 is 5.32 Å². The highest BCUT2D eigenvalue weighted by atomic mass is 35.5. The lowest BCUT2D eigenvalue weighted by Crippen LogP contribution is -2.61. The van der Waals surface area contributed by atoms with E-state index in [9.17, 15) is 13.2 Å². The van der Waals surface area contributed by atoms with Crippen molar-refractivity contribution in [2.75, 3.05) is 31.9 Å². The van der Waals surface area contributed by atoms with Gasteiger partial charge in [0.05, 0.1) is 29.7 Å². The third kappa shape index (κ3) is 8.60. The highest BCUT2D eigenvalue weighted by molar-refractivity contribution is 7.89. The molecular weight excluding hydrogens is 633 g/mol. The van der Waals surface area contributed by atoms with Crippen molar-refractivity contribution in [3.05, 3.63) is 69.7 Å². The van der Waals surface area contributed by atoms with E-state index in [1.807, 2.05) is 51.1 Å². The Hall–Kier alpha value is -2.17. The summed E-state index contributed by atoms with van der Waals surface area (Å²) in [6, 6.07) is 13.6. The number of nitrogens with one attached hydrogen (secondary N) is 1. The van der Waals surface area contributed by atoms with Crippen LogP contribution in [0.5, 0.6) is 0 Å². The molecule has 0 unspecified atom stereocenters. The predicted octanol–water partition coefficient (Wildman–Crippen LogP) is 6.44. The van der Waals surface area contributed by atoms with E-state index in [0.717, 1.165) is 11.1 Å². The third-order valence-electron chi connectivity index (χ3n) is 8.72. The first-order chi connectivity index (χ1) is 20.8. The number of hydrogen-bond donors (Lipinski definition) is 1. The molecule has 45 heavy (non-hydrogen) atoms. The zero-order valence-corrected chi connectivity index (χ0v) is 29.7. The molecule has 2 aromatic carbocycles.